The first-order chi connectivity index (χ1) is 18.3. The van der Waals surface area contributed by atoms with Crippen molar-refractivity contribution >= 4 is 23.4 Å². The molecule has 2 amide bonds. The van der Waals surface area contributed by atoms with Crippen molar-refractivity contribution in [3.63, 3.8) is 0 Å². The maximum absolute atomic E-state index is 14.7. The number of nitrogens with zero attached hydrogens (tertiary/aromatic N) is 3. The Morgan fingerprint density at radius 1 is 1.03 bits per heavy atom. The maximum atomic E-state index is 14.7. The molecule has 1 N–H and O–H groups in total. The molecular weight excluding hydrogens is 496 g/mol. The van der Waals surface area contributed by atoms with Gasteiger partial charge in [-0.15, -0.1) is 0 Å². The van der Waals surface area contributed by atoms with Gasteiger partial charge < -0.3 is 14.8 Å². The lowest BCUT2D eigenvalue weighted by molar-refractivity contribution is -0.150. The van der Waals surface area contributed by atoms with Gasteiger partial charge in [0.05, 0.1) is 11.5 Å². The van der Waals surface area contributed by atoms with E-state index in [2.05, 4.69) is 35.9 Å². The van der Waals surface area contributed by atoms with Crippen LogP contribution in [0.3, 0.4) is 0 Å². The lowest BCUT2D eigenvalue weighted by Gasteiger charge is -2.44. The zero-order valence-corrected chi connectivity index (χ0v) is 23.5. The Morgan fingerprint density at radius 2 is 1.71 bits per heavy atom. The van der Waals surface area contributed by atoms with Crippen molar-refractivity contribution in [2.45, 2.75) is 58.9 Å². The van der Waals surface area contributed by atoms with Gasteiger partial charge in [-0.2, -0.15) is 0 Å². The number of benzene rings is 2. The predicted octanol–water partition coefficient (Wildman–Crippen LogP) is 6.09. The summed E-state index contributed by atoms with van der Waals surface area (Å²) in [6.45, 7) is 7.94. The number of nitrogens with one attached hydrogen (secondary N) is 1. The molecule has 38 heavy (non-hydrogen) atoms. The van der Waals surface area contributed by atoms with Crippen molar-refractivity contribution in [3.05, 3.63) is 89.0 Å². The number of halogens is 1. The Labute approximate surface area is 231 Å². The molecule has 0 aliphatic carbocycles. The average Bonchev–Trinajstić information content (AvgIpc) is 3.45. The minimum Gasteiger partial charge on any atom is -0.347 e. The van der Waals surface area contributed by atoms with Gasteiger partial charge in [-0.05, 0) is 61.8 Å². The van der Waals surface area contributed by atoms with Crippen LogP contribution in [0.4, 0.5) is 0 Å². The van der Waals surface area contributed by atoms with E-state index in [9.17, 15) is 9.59 Å². The molecule has 0 radical (unpaired) electrons. The first-order valence-electron chi connectivity index (χ1n) is 13.6. The van der Waals surface area contributed by atoms with Crippen LogP contribution in [-0.2, 0) is 22.4 Å². The molecule has 0 saturated carbocycles. The molecule has 7 heteroatoms. The number of aromatic nitrogens is 2. The number of H-pyrrole nitrogens is 1. The molecule has 1 atom stereocenters. The molecule has 1 fully saturated rings. The van der Waals surface area contributed by atoms with Crippen molar-refractivity contribution in [2.75, 3.05) is 19.6 Å². The van der Waals surface area contributed by atoms with Crippen LogP contribution in [0.5, 0.6) is 0 Å². The summed E-state index contributed by atoms with van der Waals surface area (Å²) in [6.07, 6.45) is 6.73. The Hall–Kier alpha value is -3.12. The Morgan fingerprint density at radius 3 is 2.32 bits per heavy atom. The summed E-state index contributed by atoms with van der Waals surface area (Å²) in [5.41, 5.74) is 1.69. The first-order valence-corrected chi connectivity index (χ1v) is 14.0. The van der Waals surface area contributed by atoms with Crippen molar-refractivity contribution in [3.8, 4) is 0 Å². The number of piperidine rings is 1. The molecule has 2 heterocycles. The number of rotatable bonds is 10. The summed E-state index contributed by atoms with van der Waals surface area (Å²) in [7, 11) is 0. The molecule has 1 unspecified atom stereocenters. The minimum atomic E-state index is -0.586. The highest BCUT2D eigenvalue weighted by atomic mass is 35.5. The number of imidazole rings is 1. The normalized spacial score (nSPS) is 15.9. The van der Waals surface area contributed by atoms with E-state index in [-0.39, 0.29) is 17.9 Å². The summed E-state index contributed by atoms with van der Waals surface area (Å²) in [6, 6.07) is 17.8. The zero-order chi connectivity index (χ0) is 27.1. The molecule has 2 aromatic carbocycles. The topological polar surface area (TPSA) is 69.3 Å². The molecular formula is C31H39ClN4O2. The van der Waals surface area contributed by atoms with Crippen molar-refractivity contribution < 1.29 is 9.59 Å². The number of carbonyl (C=O) groups is 2. The number of hydrogen-bond donors (Lipinski definition) is 1. The SMILES string of the molecule is CC(C)CC(=O)N1CCC(Cc2ccccc2)(C(=O)N(CCc2ccc(Cl)cc2)C(C)c2ncc[nH]2)CC1. The van der Waals surface area contributed by atoms with Crippen LogP contribution >= 0.6 is 11.6 Å². The van der Waals surface area contributed by atoms with E-state index in [0.29, 0.717) is 62.7 Å². The third-order valence-corrected chi connectivity index (χ3v) is 7.95. The predicted molar refractivity (Wildman–Crippen MR) is 152 cm³/mol. The van der Waals surface area contributed by atoms with Crippen LogP contribution < -0.4 is 0 Å². The molecule has 0 bridgehead atoms. The Bertz CT molecular complexity index is 1170. The first kappa shape index (κ1) is 27.9. The van der Waals surface area contributed by atoms with Crippen LogP contribution in [0.1, 0.15) is 63.0 Å². The monoisotopic (exact) mass is 534 g/mol. The Balaban J connectivity index is 1.62. The highest BCUT2D eigenvalue weighted by Gasteiger charge is 2.45. The standard InChI is InChI=1S/C31H39ClN4O2/c1-23(2)21-28(37)35-19-14-31(15-20-35,22-26-7-5-4-6-8-26)30(38)36(24(3)29-33-16-17-34-29)18-13-25-9-11-27(32)12-10-25/h4-12,16-17,23-24H,13-15,18-22H2,1-3H3,(H,33,34). The highest BCUT2D eigenvalue weighted by Crippen LogP contribution is 2.39. The molecule has 202 valence electrons. The molecule has 1 aliphatic heterocycles. The van der Waals surface area contributed by atoms with Crippen LogP contribution in [0.2, 0.25) is 5.02 Å². The Kier molecular flexibility index (Phi) is 9.26. The number of likely N-dealkylation sites (tertiary alicyclic amines) is 1. The molecule has 1 aliphatic rings. The molecule has 1 saturated heterocycles. The molecule has 1 aromatic heterocycles. The molecule has 6 nitrogen and oxygen atoms in total. The number of carbonyl (C=O) groups excluding carboxylic acids is 2. The van der Waals surface area contributed by atoms with Gasteiger partial charge in [0.2, 0.25) is 11.8 Å². The fourth-order valence-electron chi connectivity index (χ4n) is 5.45. The lowest BCUT2D eigenvalue weighted by atomic mass is 9.72. The second-order valence-electron chi connectivity index (χ2n) is 10.9. The van der Waals surface area contributed by atoms with E-state index in [0.717, 1.165) is 17.0 Å². The summed E-state index contributed by atoms with van der Waals surface area (Å²) in [5.74, 6) is 1.41. The maximum Gasteiger partial charge on any atom is 0.229 e. The summed E-state index contributed by atoms with van der Waals surface area (Å²) in [5, 5.41) is 0.700. The van der Waals surface area contributed by atoms with Gasteiger partial charge in [0.1, 0.15) is 5.82 Å². The second-order valence-corrected chi connectivity index (χ2v) is 11.4. The smallest absolute Gasteiger partial charge is 0.229 e. The number of amides is 2. The van der Waals surface area contributed by atoms with E-state index in [4.69, 9.17) is 11.6 Å². The van der Waals surface area contributed by atoms with Crippen LogP contribution in [-0.4, -0.2) is 51.2 Å². The van der Waals surface area contributed by atoms with Gasteiger partial charge in [-0.25, -0.2) is 4.98 Å². The molecule has 4 rings (SSSR count). The van der Waals surface area contributed by atoms with Crippen LogP contribution in [0.25, 0.3) is 0 Å². The van der Waals surface area contributed by atoms with Gasteiger partial charge in [0.15, 0.2) is 0 Å². The highest BCUT2D eigenvalue weighted by molar-refractivity contribution is 6.30. The number of aromatic amines is 1. The molecule has 3 aromatic rings. The zero-order valence-electron chi connectivity index (χ0n) is 22.7. The number of hydrogen-bond acceptors (Lipinski definition) is 3. The summed E-state index contributed by atoms with van der Waals surface area (Å²) < 4.78 is 0. The van der Waals surface area contributed by atoms with Gasteiger partial charge in [0.25, 0.3) is 0 Å². The fraction of sp³-hybridized carbons (Fsp3) is 0.452. The van der Waals surface area contributed by atoms with Gasteiger partial charge in [-0.1, -0.05) is 67.9 Å². The third kappa shape index (κ3) is 6.84. The van der Waals surface area contributed by atoms with Gasteiger partial charge in [-0.3, -0.25) is 9.59 Å². The fourth-order valence-corrected chi connectivity index (χ4v) is 5.57. The minimum absolute atomic E-state index is 0.134. The van der Waals surface area contributed by atoms with E-state index >= 15 is 0 Å². The second kappa shape index (κ2) is 12.6. The molecule has 0 spiro atoms. The summed E-state index contributed by atoms with van der Waals surface area (Å²) in [4.78, 5) is 39.1. The van der Waals surface area contributed by atoms with Crippen molar-refractivity contribution in [1.82, 2.24) is 19.8 Å². The van der Waals surface area contributed by atoms with E-state index in [1.54, 1.807) is 12.4 Å². The van der Waals surface area contributed by atoms with E-state index in [1.807, 2.05) is 59.2 Å². The average molecular weight is 535 g/mol. The van der Waals surface area contributed by atoms with Crippen LogP contribution in [0.15, 0.2) is 67.0 Å². The van der Waals surface area contributed by atoms with E-state index in [1.165, 1.54) is 0 Å². The van der Waals surface area contributed by atoms with Crippen LogP contribution in [0, 0.1) is 11.3 Å². The summed E-state index contributed by atoms with van der Waals surface area (Å²) >= 11 is 6.10. The lowest BCUT2D eigenvalue weighted by Crippen LogP contribution is -2.53. The largest absolute Gasteiger partial charge is 0.347 e. The van der Waals surface area contributed by atoms with E-state index < -0.39 is 5.41 Å². The third-order valence-electron chi connectivity index (χ3n) is 7.69. The van der Waals surface area contributed by atoms with Gasteiger partial charge >= 0.3 is 0 Å². The van der Waals surface area contributed by atoms with Crippen molar-refractivity contribution in [1.29, 1.82) is 0 Å². The van der Waals surface area contributed by atoms with Crippen molar-refractivity contribution in [2.24, 2.45) is 11.3 Å². The van der Waals surface area contributed by atoms with Gasteiger partial charge in [0, 0.05) is 43.5 Å². The quantitative estimate of drug-likeness (QED) is 0.342.